The Morgan fingerprint density at radius 1 is 1.29 bits per heavy atom. The smallest absolute Gasteiger partial charge is 0.196 e. The molecule has 0 spiro atoms. The molecular formula is C16H24N6O2. The van der Waals surface area contributed by atoms with Crippen LogP contribution in [0.1, 0.15) is 19.7 Å². The molecule has 1 heterocycles. The average Bonchev–Trinajstić information content (AvgIpc) is 2.98. The molecule has 1 aromatic carbocycles. The van der Waals surface area contributed by atoms with Gasteiger partial charge in [-0.05, 0) is 26.0 Å². The van der Waals surface area contributed by atoms with E-state index in [1.165, 1.54) is 6.33 Å². The third kappa shape index (κ3) is 4.61. The lowest BCUT2D eigenvalue weighted by Crippen LogP contribution is -2.30. The van der Waals surface area contributed by atoms with Gasteiger partial charge in [0.05, 0.1) is 13.7 Å². The molecule has 0 atom stereocenters. The summed E-state index contributed by atoms with van der Waals surface area (Å²) in [5.74, 6) is 2.84. The molecular weight excluding hydrogens is 308 g/mol. The Labute approximate surface area is 141 Å². The second-order valence-corrected chi connectivity index (χ2v) is 4.92. The van der Waals surface area contributed by atoms with Crippen molar-refractivity contribution in [3.63, 3.8) is 0 Å². The number of nitrogens with zero attached hydrogens (tertiary/aromatic N) is 4. The number of aromatic nitrogens is 3. The molecule has 0 unspecified atom stereocenters. The number of rotatable bonds is 7. The molecule has 0 saturated carbocycles. The van der Waals surface area contributed by atoms with Crippen LogP contribution in [-0.4, -0.2) is 41.0 Å². The van der Waals surface area contributed by atoms with Gasteiger partial charge < -0.3 is 20.1 Å². The second kappa shape index (κ2) is 8.76. The first-order valence-corrected chi connectivity index (χ1v) is 7.87. The van der Waals surface area contributed by atoms with Crippen LogP contribution in [-0.2, 0) is 13.6 Å². The second-order valence-electron chi connectivity index (χ2n) is 4.92. The summed E-state index contributed by atoms with van der Waals surface area (Å²) in [4.78, 5) is 8.70. The SMILES string of the molecule is CCNC(=NCc1ncnn1C)Nc1ccc(OC)c(OCC)c1. The van der Waals surface area contributed by atoms with Gasteiger partial charge in [-0.25, -0.2) is 9.98 Å². The van der Waals surface area contributed by atoms with E-state index in [-0.39, 0.29) is 0 Å². The highest BCUT2D eigenvalue weighted by atomic mass is 16.5. The van der Waals surface area contributed by atoms with E-state index in [2.05, 4.69) is 25.7 Å². The standard InChI is InChI=1S/C16H24N6O2/c1-5-17-16(18-10-15-19-11-20-22(15)3)21-12-7-8-13(23-4)14(9-12)24-6-2/h7-9,11H,5-6,10H2,1-4H3,(H2,17,18,21). The Kier molecular flexibility index (Phi) is 6.41. The molecule has 0 aliphatic rings. The fraction of sp³-hybridized carbons (Fsp3) is 0.438. The minimum absolute atomic E-state index is 0.431. The Morgan fingerprint density at radius 2 is 2.12 bits per heavy atom. The van der Waals surface area contributed by atoms with Crippen LogP contribution >= 0.6 is 0 Å². The first-order valence-electron chi connectivity index (χ1n) is 7.87. The Morgan fingerprint density at radius 3 is 2.75 bits per heavy atom. The molecule has 130 valence electrons. The number of benzene rings is 1. The number of guanidine groups is 1. The molecule has 8 nitrogen and oxygen atoms in total. The molecule has 0 aliphatic carbocycles. The Bertz CT molecular complexity index is 683. The van der Waals surface area contributed by atoms with Crippen LogP contribution in [0.25, 0.3) is 0 Å². The van der Waals surface area contributed by atoms with Gasteiger partial charge in [0.2, 0.25) is 0 Å². The van der Waals surface area contributed by atoms with Gasteiger partial charge in [0.1, 0.15) is 18.7 Å². The molecule has 8 heteroatoms. The van der Waals surface area contributed by atoms with Crippen molar-refractivity contribution in [3.05, 3.63) is 30.4 Å². The van der Waals surface area contributed by atoms with Crippen LogP contribution in [0.3, 0.4) is 0 Å². The van der Waals surface area contributed by atoms with Gasteiger partial charge in [-0.2, -0.15) is 5.10 Å². The summed E-state index contributed by atoms with van der Waals surface area (Å²) in [6.45, 7) is 5.70. The van der Waals surface area contributed by atoms with Crippen molar-refractivity contribution in [2.75, 3.05) is 25.6 Å². The van der Waals surface area contributed by atoms with Gasteiger partial charge in [-0.3, -0.25) is 4.68 Å². The molecule has 2 N–H and O–H groups in total. The monoisotopic (exact) mass is 332 g/mol. The molecule has 0 fully saturated rings. The summed E-state index contributed by atoms with van der Waals surface area (Å²) in [6.07, 6.45) is 1.52. The zero-order valence-electron chi connectivity index (χ0n) is 14.5. The number of ether oxygens (including phenoxy) is 2. The van der Waals surface area contributed by atoms with E-state index >= 15 is 0 Å². The van der Waals surface area contributed by atoms with E-state index < -0.39 is 0 Å². The predicted molar refractivity (Wildman–Crippen MR) is 93.6 cm³/mol. The topological polar surface area (TPSA) is 85.6 Å². The summed E-state index contributed by atoms with van der Waals surface area (Å²) < 4.78 is 12.6. The summed E-state index contributed by atoms with van der Waals surface area (Å²) in [5.41, 5.74) is 0.858. The third-order valence-electron chi connectivity index (χ3n) is 3.25. The maximum atomic E-state index is 5.60. The van der Waals surface area contributed by atoms with Crippen LogP contribution in [0.4, 0.5) is 5.69 Å². The maximum absolute atomic E-state index is 5.60. The number of nitrogens with one attached hydrogen (secondary N) is 2. The molecule has 0 bridgehead atoms. The lowest BCUT2D eigenvalue weighted by molar-refractivity contribution is 0.311. The van der Waals surface area contributed by atoms with Gasteiger partial charge in [-0.1, -0.05) is 0 Å². The summed E-state index contributed by atoms with van der Waals surface area (Å²) >= 11 is 0. The number of hydrogen-bond acceptors (Lipinski definition) is 5. The van der Waals surface area contributed by atoms with Crippen molar-refractivity contribution in [1.29, 1.82) is 0 Å². The zero-order chi connectivity index (χ0) is 17.4. The van der Waals surface area contributed by atoms with Crippen LogP contribution < -0.4 is 20.1 Å². The van der Waals surface area contributed by atoms with Gasteiger partial charge in [0.25, 0.3) is 0 Å². The number of hydrogen-bond donors (Lipinski definition) is 2. The molecule has 0 aliphatic heterocycles. The average molecular weight is 332 g/mol. The largest absolute Gasteiger partial charge is 0.493 e. The van der Waals surface area contributed by atoms with E-state index in [0.29, 0.717) is 30.6 Å². The third-order valence-corrected chi connectivity index (χ3v) is 3.25. The van der Waals surface area contributed by atoms with Crippen LogP contribution in [0.15, 0.2) is 29.5 Å². The van der Waals surface area contributed by atoms with Crippen molar-refractivity contribution in [3.8, 4) is 11.5 Å². The summed E-state index contributed by atoms with van der Waals surface area (Å²) in [7, 11) is 3.47. The number of anilines is 1. The molecule has 0 saturated heterocycles. The van der Waals surface area contributed by atoms with Crippen LogP contribution in [0.5, 0.6) is 11.5 Å². The minimum Gasteiger partial charge on any atom is -0.493 e. The molecule has 0 amide bonds. The molecule has 2 aromatic rings. The molecule has 2 rings (SSSR count). The lowest BCUT2D eigenvalue weighted by Gasteiger charge is -2.14. The quantitative estimate of drug-likeness (QED) is 0.594. The number of aryl methyl sites for hydroxylation is 1. The number of methoxy groups -OCH3 is 1. The van der Waals surface area contributed by atoms with Gasteiger partial charge in [-0.15, -0.1) is 0 Å². The predicted octanol–water partition coefficient (Wildman–Crippen LogP) is 1.80. The molecule has 0 radical (unpaired) electrons. The summed E-state index contributed by atoms with van der Waals surface area (Å²) in [6, 6.07) is 5.66. The highest BCUT2D eigenvalue weighted by Gasteiger charge is 2.07. The van der Waals surface area contributed by atoms with Crippen molar-refractivity contribution < 1.29 is 9.47 Å². The van der Waals surface area contributed by atoms with E-state index in [9.17, 15) is 0 Å². The lowest BCUT2D eigenvalue weighted by atomic mass is 10.2. The van der Waals surface area contributed by atoms with Gasteiger partial charge in [0.15, 0.2) is 17.5 Å². The first kappa shape index (κ1) is 17.6. The fourth-order valence-electron chi connectivity index (χ4n) is 2.08. The zero-order valence-corrected chi connectivity index (χ0v) is 14.5. The molecule has 1 aromatic heterocycles. The van der Waals surface area contributed by atoms with Gasteiger partial charge >= 0.3 is 0 Å². The normalized spacial score (nSPS) is 11.2. The maximum Gasteiger partial charge on any atom is 0.196 e. The van der Waals surface area contributed by atoms with E-state index in [1.54, 1.807) is 11.8 Å². The number of aliphatic imine (C=N–C) groups is 1. The highest BCUT2D eigenvalue weighted by molar-refractivity contribution is 5.93. The Balaban J connectivity index is 2.14. The fourth-order valence-corrected chi connectivity index (χ4v) is 2.08. The van der Waals surface area contributed by atoms with Crippen LogP contribution in [0, 0.1) is 0 Å². The van der Waals surface area contributed by atoms with Crippen molar-refractivity contribution >= 4 is 11.6 Å². The molecule has 24 heavy (non-hydrogen) atoms. The van der Waals surface area contributed by atoms with Crippen LogP contribution in [0.2, 0.25) is 0 Å². The van der Waals surface area contributed by atoms with Crippen molar-refractivity contribution in [2.45, 2.75) is 20.4 Å². The van der Waals surface area contributed by atoms with Gasteiger partial charge in [0, 0.05) is 25.3 Å². The van der Waals surface area contributed by atoms with E-state index in [0.717, 1.165) is 18.1 Å². The van der Waals surface area contributed by atoms with Crippen molar-refractivity contribution in [1.82, 2.24) is 20.1 Å². The first-order chi connectivity index (χ1) is 11.7. The van der Waals surface area contributed by atoms with Crippen molar-refractivity contribution in [2.24, 2.45) is 12.0 Å². The van der Waals surface area contributed by atoms with E-state index in [4.69, 9.17) is 9.47 Å². The minimum atomic E-state index is 0.431. The highest BCUT2D eigenvalue weighted by Crippen LogP contribution is 2.30. The Hall–Kier alpha value is -2.77. The van der Waals surface area contributed by atoms with E-state index in [1.807, 2.05) is 39.1 Å². The summed E-state index contributed by atoms with van der Waals surface area (Å²) in [5, 5.41) is 10.5.